The van der Waals surface area contributed by atoms with Crippen LogP contribution in [0.15, 0.2) is 65.6 Å². The summed E-state index contributed by atoms with van der Waals surface area (Å²) in [5.41, 5.74) is 3.59. The molecule has 4 rings (SSSR count). The normalized spacial score (nSPS) is 13.5. The Morgan fingerprint density at radius 3 is 2.26 bits per heavy atom. The van der Waals surface area contributed by atoms with Gasteiger partial charge >= 0.3 is 5.97 Å². The summed E-state index contributed by atoms with van der Waals surface area (Å²) < 4.78 is 33.8. The van der Waals surface area contributed by atoms with E-state index in [1.165, 1.54) is 22.5 Å². The number of carboxylic acid groups (broad SMARTS) is 1. The van der Waals surface area contributed by atoms with Gasteiger partial charge in [-0.25, -0.2) is 13.2 Å². The highest BCUT2D eigenvalue weighted by molar-refractivity contribution is 7.92. The summed E-state index contributed by atoms with van der Waals surface area (Å²) in [5.74, 6) is 0.226. The summed E-state index contributed by atoms with van der Waals surface area (Å²) in [6.07, 6.45) is 1.27. The van der Waals surface area contributed by atoms with Gasteiger partial charge in [-0.2, -0.15) is 0 Å². The van der Waals surface area contributed by atoms with Gasteiger partial charge in [0.1, 0.15) is 11.5 Å². The first-order valence-electron chi connectivity index (χ1n) is 9.99. The summed E-state index contributed by atoms with van der Waals surface area (Å²) in [5, 5.41) is 9.21. The van der Waals surface area contributed by atoms with E-state index in [0.29, 0.717) is 36.6 Å². The van der Waals surface area contributed by atoms with Crippen molar-refractivity contribution in [1.29, 1.82) is 0 Å². The minimum absolute atomic E-state index is 0.158. The van der Waals surface area contributed by atoms with E-state index in [1.807, 2.05) is 26.0 Å². The number of aryl methyl sites for hydroxylation is 3. The van der Waals surface area contributed by atoms with Crippen LogP contribution in [0.4, 0.5) is 5.69 Å². The molecule has 3 aromatic rings. The SMILES string of the molecule is Cc1cc(C)cc(Oc2ccc(S(=O)(=O)N3CCCc4cc(C(=O)O)ccc43)cc2)c1. The zero-order valence-corrected chi connectivity index (χ0v) is 18.1. The number of ether oxygens (including phenoxy) is 1. The van der Waals surface area contributed by atoms with Crippen LogP contribution in [0.3, 0.4) is 0 Å². The number of anilines is 1. The first kappa shape index (κ1) is 20.9. The molecule has 1 heterocycles. The van der Waals surface area contributed by atoms with Crippen molar-refractivity contribution in [2.75, 3.05) is 10.8 Å². The van der Waals surface area contributed by atoms with Gasteiger partial charge in [0.2, 0.25) is 0 Å². The molecule has 0 saturated carbocycles. The first-order chi connectivity index (χ1) is 14.7. The Bertz CT molecular complexity index is 1230. The predicted octanol–water partition coefficient (Wildman–Crippen LogP) is 4.94. The average Bonchev–Trinajstić information content (AvgIpc) is 2.72. The second kappa shape index (κ2) is 8.07. The third kappa shape index (κ3) is 4.27. The molecule has 7 heteroatoms. The molecule has 3 aromatic carbocycles. The van der Waals surface area contributed by atoms with Crippen molar-refractivity contribution >= 4 is 21.7 Å². The lowest BCUT2D eigenvalue weighted by Gasteiger charge is -2.30. The number of hydrogen-bond donors (Lipinski definition) is 1. The van der Waals surface area contributed by atoms with Gasteiger partial charge < -0.3 is 9.84 Å². The summed E-state index contributed by atoms with van der Waals surface area (Å²) in [6.45, 7) is 4.33. The molecule has 0 radical (unpaired) electrons. The molecule has 0 atom stereocenters. The van der Waals surface area contributed by atoms with Crippen LogP contribution in [0.25, 0.3) is 0 Å². The fourth-order valence-corrected chi connectivity index (χ4v) is 5.42. The summed E-state index contributed by atoms with van der Waals surface area (Å²) in [7, 11) is -3.78. The molecule has 0 amide bonds. The maximum atomic E-state index is 13.3. The highest BCUT2D eigenvalue weighted by Gasteiger charge is 2.29. The van der Waals surface area contributed by atoms with Gasteiger partial charge in [0.15, 0.2) is 0 Å². The number of rotatable bonds is 5. The Labute approximate surface area is 181 Å². The van der Waals surface area contributed by atoms with Gasteiger partial charge in [0.25, 0.3) is 10.0 Å². The van der Waals surface area contributed by atoms with Crippen molar-refractivity contribution in [2.45, 2.75) is 31.6 Å². The fraction of sp³-hybridized carbons (Fsp3) is 0.208. The van der Waals surface area contributed by atoms with Gasteiger partial charge in [0, 0.05) is 6.54 Å². The van der Waals surface area contributed by atoms with Crippen LogP contribution >= 0.6 is 0 Å². The second-order valence-corrected chi connectivity index (χ2v) is 9.59. The van der Waals surface area contributed by atoms with E-state index >= 15 is 0 Å². The Hall–Kier alpha value is -3.32. The van der Waals surface area contributed by atoms with Gasteiger partial charge in [-0.05, 0) is 98.0 Å². The zero-order chi connectivity index (χ0) is 22.2. The Morgan fingerprint density at radius 1 is 0.935 bits per heavy atom. The smallest absolute Gasteiger partial charge is 0.335 e. The van der Waals surface area contributed by atoms with Crippen LogP contribution in [0.1, 0.15) is 33.5 Å². The second-order valence-electron chi connectivity index (χ2n) is 7.73. The van der Waals surface area contributed by atoms with Gasteiger partial charge in [-0.15, -0.1) is 0 Å². The molecule has 6 nitrogen and oxygen atoms in total. The van der Waals surface area contributed by atoms with Gasteiger partial charge in [-0.3, -0.25) is 4.31 Å². The topological polar surface area (TPSA) is 83.9 Å². The average molecular weight is 438 g/mol. The van der Waals surface area contributed by atoms with Crippen LogP contribution < -0.4 is 9.04 Å². The number of aromatic carboxylic acids is 1. The van der Waals surface area contributed by atoms with Crippen molar-refractivity contribution in [2.24, 2.45) is 0 Å². The summed E-state index contributed by atoms with van der Waals surface area (Å²) >= 11 is 0. The number of sulfonamides is 1. The largest absolute Gasteiger partial charge is 0.478 e. The van der Waals surface area contributed by atoms with Crippen LogP contribution in [-0.4, -0.2) is 26.0 Å². The highest BCUT2D eigenvalue weighted by atomic mass is 32.2. The number of fused-ring (bicyclic) bond motifs is 1. The molecule has 0 bridgehead atoms. The van der Waals surface area contributed by atoms with Gasteiger partial charge in [0.05, 0.1) is 16.1 Å². The highest BCUT2D eigenvalue weighted by Crippen LogP contribution is 2.33. The molecular formula is C24H23NO5S. The van der Waals surface area contributed by atoms with Crippen molar-refractivity contribution in [3.63, 3.8) is 0 Å². The molecule has 0 spiro atoms. The molecule has 0 fully saturated rings. The lowest BCUT2D eigenvalue weighted by atomic mass is 10.0. The van der Waals surface area contributed by atoms with Crippen LogP contribution in [0.5, 0.6) is 11.5 Å². The number of hydrogen-bond acceptors (Lipinski definition) is 4. The summed E-state index contributed by atoms with van der Waals surface area (Å²) in [4.78, 5) is 11.4. The third-order valence-electron chi connectivity index (χ3n) is 5.25. The summed E-state index contributed by atoms with van der Waals surface area (Å²) in [6, 6.07) is 16.8. The Kier molecular flexibility index (Phi) is 5.45. The molecule has 1 N–H and O–H groups in total. The van der Waals surface area contributed by atoms with Crippen molar-refractivity contribution in [1.82, 2.24) is 0 Å². The minimum Gasteiger partial charge on any atom is -0.478 e. The molecule has 1 aliphatic rings. The van der Waals surface area contributed by atoms with Crippen LogP contribution in [-0.2, 0) is 16.4 Å². The first-order valence-corrected chi connectivity index (χ1v) is 11.4. The fourth-order valence-electron chi connectivity index (χ4n) is 3.88. The molecule has 0 saturated heterocycles. The minimum atomic E-state index is -3.78. The predicted molar refractivity (Wildman–Crippen MR) is 119 cm³/mol. The van der Waals surface area contributed by atoms with Crippen molar-refractivity contribution < 1.29 is 23.1 Å². The van der Waals surface area contributed by atoms with E-state index in [0.717, 1.165) is 16.7 Å². The molecule has 1 aliphatic heterocycles. The maximum Gasteiger partial charge on any atom is 0.335 e. The molecule has 31 heavy (non-hydrogen) atoms. The third-order valence-corrected chi connectivity index (χ3v) is 7.07. The number of nitrogens with zero attached hydrogens (tertiary/aromatic N) is 1. The van der Waals surface area contributed by atoms with Crippen LogP contribution in [0, 0.1) is 13.8 Å². The Morgan fingerprint density at radius 2 is 1.61 bits per heavy atom. The van der Waals surface area contributed by atoms with Crippen molar-refractivity contribution in [3.05, 3.63) is 82.9 Å². The number of benzene rings is 3. The van der Waals surface area contributed by atoms with E-state index in [4.69, 9.17) is 4.74 Å². The zero-order valence-electron chi connectivity index (χ0n) is 17.3. The van der Waals surface area contributed by atoms with E-state index in [2.05, 4.69) is 6.07 Å². The number of carbonyl (C=O) groups is 1. The lowest BCUT2D eigenvalue weighted by molar-refractivity contribution is 0.0696. The quantitative estimate of drug-likeness (QED) is 0.611. The lowest BCUT2D eigenvalue weighted by Crippen LogP contribution is -2.35. The molecule has 0 aromatic heterocycles. The molecule has 0 unspecified atom stereocenters. The van der Waals surface area contributed by atoms with E-state index in [1.54, 1.807) is 24.3 Å². The van der Waals surface area contributed by atoms with Gasteiger partial charge in [-0.1, -0.05) is 6.07 Å². The maximum absolute atomic E-state index is 13.3. The van der Waals surface area contributed by atoms with E-state index in [-0.39, 0.29) is 10.5 Å². The van der Waals surface area contributed by atoms with Crippen molar-refractivity contribution in [3.8, 4) is 11.5 Å². The van der Waals surface area contributed by atoms with E-state index < -0.39 is 16.0 Å². The Balaban J connectivity index is 1.60. The standard InChI is InChI=1S/C24H23NO5S/c1-16-12-17(2)14-21(13-16)30-20-6-8-22(9-7-20)31(28,29)25-11-3-4-18-15-19(24(26)27)5-10-23(18)25/h5-10,12-15H,3-4,11H2,1-2H3,(H,26,27). The number of carboxylic acids is 1. The molecular weight excluding hydrogens is 414 g/mol. The molecule has 160 valence electrons. The monoisotopic (exact) mass is 437 g/mol. The van der Waals surface area contributed by atoms with E-state index in [9.17, 15) is 18.3 Å². The van der Waals surface area contributed by atoms with Crippen LogP contribution in [0.2, 0.25) is 0 Å². The molecule has 0 aliphatic carbocycles.